The number of nitrogens with zero attached hydrogens (tertiary/aromatic N) is 2. The third kappa shape index (κ3) is 4.05. The number of carbonyl (C=O) groups excluding carboxylic acids is 1. The number of rotatable bonds is 5. The van der Waals surface area contributed by atoms with E-state index in [2.05, 4.69) is 4.98 Å². The summed E-state index contributed by atoms with van der Waals surface area (Å²) in [5, 5.41) is 0. The van der Waals surface area contributed by atoms with Crippen molar-refractivity contribution in [3.8, 4) is 0 Å². The highest BCUT2D eigenvalue weighted by Gasteiger charge is 2.19. The zero-order chi connectivity index (χ0) is 15.2. The van der Waals surface area contributed by atoms with E-state index < -0.39 is 0 Å². The molecule has 1 aromatic heterocycles. The van der Waals surface area contributed by atoms with Crippen molar-refractivity contribution in [3.63, 3.8) is 0 Å². The summed E-state index contributed by atoms with van der Waals surface area (Å²) in [7, 11) is 0. The van der Waals surface area contributed by atoms with Gasteiger partial charge in [0.25, 0.3) is 5.91 Å². The van der Waals surface area contributed by atoms with Crippen molar-refractivity contribution >= 4 is 17.5 Å². The van der Waals surface area contributed by atoms with Gasteiger partial charge in [0.15, 0.2) is 0 Å². The smallest absolute Gasteiger partial charge is 0.254 e. The molecule has 0 N–H and O–H groups in total. The van der Waals surface area contributed by atoms with E-state index in [4.69, 9.17) is 11.6 Å². The summed E-state index contributed by atoms with van der Waals surface area (Å²) in [5.74, 6) is 0.408. The molecule has 0 radical (unpaired) electrons. The summed E-state index contributed by atoms with van der Waals surface area (Å²) in [4.78, 5) is 18.8. The van der Waals surface area contributed by atoms with Crippen LogP contribution < -0.4 is 0 Å². The van der Waals surface area contributed by atoms with Gasteiger partial charge in [-0.15, -0.1) is 11.6 Å². The lowest BCUT2D eigenvalue weighted by atomic mass is 10.1. The van der Waals surface area contributed by atoms with Crippen LogP contribution in [0.15, 0.2) is 48.7 Å². The Morgan fingerprint density at radius 3 is 2.67 bits per heavy atom. The van der Waals surface area contributed by atoms with Crippen molar-refractivity contribution in [3.05, 3.63) is 65.5 Å². The van der Waals surface area contributed by atoms with Crippen molar-refractivity contribution in [2.75, 3.05) is 0 Å². The molecule has 3 nitrogen and oxygen atoms in total. The van der Waals surface area contributed by atoms with Crippen LogP contribution in [0.2, 0.25) is 0 Å². The van der Waals surface area contributed by atoms with Gasteiger partial charge >= 0.3 is 0 Å². The van der Waals surface area contributed by atoms with Crippen molar-refractivity contribution in [1.82, 2.24) is 9.88 Å². The summed E-state index contributed by atoms with van der Waals surface area (Å²) < 4.78 is 0. The molecule has 4 heteroatoms. The molecule has 0 saturated heterocycles. The van der Waals surface area contributed by atoms with Crippen LogP contribution in [0.1, 0.15) is 35.5 Å². The molecule has 1 aromatic carbocycles. The highest BCUT2D eigenvalue weighted by molar-refractivity contribution is 6.17. The lowest BCUT2D eigenvalue weighted by molar-refractivity contribution is 0.0687. The molecule has 0 unspecified atom stereocenters. The van der Waals surface area contributed by atoms with Gasteiger partial charge < -0.3 is 4.90 Å². The predicted molar refractivity (Wildman–Crippen MR) is 85.2 cm³/mol. The number of alkyl halides is 1. The first-order valence-electron chi connectivity index (χ1n) is 6.97. The molecule has 1 amide bonds. The first-order valence-corrected chi connectivity index (χ1v) is 7.51. The van der Waals surface area contributed by atoms with E-state index >= 15 is 0 Å². The molecule has 0 bridgehead atoms. The fourth-order valence-electron chi connectivity index (χ4n) is 2.11. The third-order valence-corrected chi connectivity index (χ3v) is 3.58. The van der Waals surface area contributed by atoms with Crippen LogP contribution in [0.3, 0.4) is 0 Å². The summed E-state index contributed by atoms with van der Waals surface area (Å²) in [6.45, 7) is 4.51. The molecule has 0 aliphatic carbocycles. The largest absolute Gasteiger partial charge is 0.330 e. The van der Waals surface area contributed by atoms with Crippen LogP contribution in [0.4, 0.5) is 0 Å². The standard InChI is InChI=1S/C17H19ClN2O/c1-13(2)20(12-16-8-3-4-9-19-16)17(21)15-7-5-6-14(10-15)11-18/h3-10,13H,11-12H2,1-2H3. The van der Waals surface area contributed by atoms with Gasteiger partial charge in [-0.1, -0.05) is 18.2 Å². The monoisotopic (exact) mass is 302 g/mol. The Labute approximate surface area is 130 Å². The molecule has 110 valence electrons. The van der Waals surface area contributed by atoms with E-state index in [1.807, 2.05) is 61.2 Å². The quantitative estimate of drug-likeness (QED) is 0.786. The number of aromatic nitrogens is 1. The van der Waals surface area contributed by atoms with Crippen LogP contribution in [0.25, 0.3) is 0 Å². The topological polar surface area (TPSA) is 33.2 Å². The summed E-state index contributed by atoms with van der Waals surface area (Å²) >= 11 is 5.84. The third-order valence-electron chi connectivity index (χ3n) is 3.27. The molecule has 1 heterocycles. The zero-order valence-electron chi connectivity index (χ0n) is 12.3. The van der Waals surface area contributed by atoms with Gasteiger partial charge in [-0.3, -0.25) is 9.78 Å². The minimum absolute atomic E-state index is 0.00243. The Morgan fingerprint density at radius 1 is 1.24 bits per heavy atom. The van der Waals surface area contributed by atoms with Gasteiger partial charge in [0, 0.05) is 23.7 Å². The van der Waals surface area contributed by atoms with Crippen molar-refractivity contribution in [2.45, 2.75) is 32.3 Å². The highest BCUT2D eigenvalue weighted by atomic mass is 35.5. The fourth-order valence-corrected chi connectivity index (χ4v) is 2.27. The normalized spacial score (nSPS) is 10.7. The van der Waals surface area contributed by atoms with Crippen LogP contribution >= 0.6 is 11.6 Å². The van der Waals surface area contributed by atoms with Crippen LogP contribution in [0, 0.1) is 0 Å². The maximum Gasteiger partial charge on any atom is 0.254 e. The Morgan fingerprint density at radius 2 is 2.05 bits per heavy atom. The van der Waals surface area contributed by atoms with E-state index in [9.17, 15) is 4.79 Å². The maximum atomic E-state index is 12.7. The van der Waals surface area contributed by atoms with Gasteiger partial charge in [-0.2, -0.15) is 0 Å². The minimum atomic E-state index is 0.00243. The Balaban J connectivity index is 2.23. The van der Waals surface area contributed by atoms with E-state index in [0.29, 0.717) is 18.0 Å². The molecular weight excluding hydrogens is 284 g/mol. The summed E-state index contributed by atoms with van der Waals surface area (Å²) in [6, 6.07) is 13.3. The van der Waals surface area contributed by atoms with E-state index in [0.717, 1.165) is 11.3 Å². The number of halogens is 1. The van der Waals surface area contributed by atoms with Gasteiger partial charge in [0.1, 0.15) is 0 Å². The molecule has 0 atom stereocenters. The highest BCUT2D eigenvalue weighted by Crippen LogP contribution is 2.14. The van der Waals surface area contributed by atoms with E-state index in [1.165, 1.54) is 0 Å². The lowest BCUT2D eigenvalue weighted by Crippen LogP contribution is -2.36. The molecular formula is C17H19ClN2O. The second-order valence-electron chi connectivity index (χ2n) is 5.18. The number of amides is 1. The molecule has 2 rings (SSSR count). The average molecular weight is 303 g/mol. The van der Waals surface area contributed by atoms with Gasteiger partial charge in [0.05, 0.1) is 12.2 Å². The summed E-state index contributed by atoms with van der Waals surface area (Å²) in [6.07, 6.45) is 1.74. The van der Waals surface area contributed by atoms with Crippen molar-refractivity contribution < 1.29 is 4.79 Å². The van der Waals surface area contributed by atoms with Crippen LogP contribution in [-0.4, -0.2) is 21.8 Å². The molecule has 0 spiro atoms. The second-order valence-corrected chi connectivity index (χ2v) is 5.45. The van der Waals surface area contributed by atoms with Gasteiger partial charge in [-0.05, 0) is 43.7 Å². The number of benzene rings is 1. The second kappa shape index (κ2) is 7.23. The fraction of sp³-hybridized carbons (Fsp3) is 0.294. The van der Waals surface area contributed by atoms with E-state index in [-0.39, 0.29) is 11.9 Å². The Bertz CT molecular complexity index is 599. The van der Waals surface area contributed by atoms with Crippen LogP contribution in [-0.2, 0) is 12.4 Å². The summed E-state index contributed by atoms with van der Waals surface area (Å²) in [5.41, 5.74) is 2.50. The SMILES string of the molecule is CC(C)N(Cc1ccccn1)C(=O)c1cccc(CCl)c1. The zero-order valence-corrected chi connectivity index (χ0v) is 13.0. The number of hydrogen-bond donors (Lipinski definition) is 0. The lowest BCUT2D eigenvalue weighted by Gasteiger charge is -2.26. The Kier molecular flexibility index (Phi) is 5.34. The molecule has 2 aromatic rings. The average Bonchev–Trinajstić information content (AvgIpc) is 2.52. The maximum absolute atomic E-state index is 12.7. The molecule has 21 heavy (non-hydrogen) atoms. The van der Waals surface area contributed by atoms with E-state index in [1.54, 1.807) is 6.20 Å². The van der Waals surface area contributed by atoms with Crippen LogP contribution in [0.5, 0.6) is 0 Å². The molecule has 0 aliphatic rings. The van der Waals surface area contributed by atoms with Crippen molar-refractivity contribution in [2.24, 2.45) is 0 Å². The van der Waals surface area contributed by atoms with Crippen molar-refractivity contribution in [1.29, 1.82) is 0 Å². The van der Waals surface area contributed by atoms with Gasteiger partial charge in [-0.25, -0.2) is 0 Å². The first kappa shape index (κ1) is 15.5. The Hall–Kier alpha value is -1.87. The number of carbonyl (C=O) groups is 1. The number of pyridine rings is 1. The molecule has 0 fully saturated rings. The van der Waals surface area contributed by atoms with Gasteiger partial charge in [0.2, 0.25) is 0 Å². The predicted octanol–water partition coefficient (Wildman–Crippen LogP) is 3.87. The number of hydrogen-bond acceptors (Lipinski definition) is 2. The molecule has 0 aliphatic heterocycles. The minimum Gasteiger partial charge on any atom is -0.330 e. The molecule has 0 saturated carbocycles. The first-order chi connectivity index (χ1) is 10.1.